The van der Waals surface area contributed by atoms with E-state index in [1.165, 1.54) is 126 Å². The average Bonchev–Trinajstić information content (AvgIpc) is 3.50. The number of hydrogen-bond acceptors (Lipinski definition) is 0. The van der Waals surface area contributed by atoms with Crippen LogP contribution in [0.4, 0.5) is 0 Å². The first-order valence-electron chi connectivity index (χ1n) is 20.5. The van der Waals surface area contributed by atoms with Gasteiger partial charge in [0.1, 0.15) is 0 Å². The summed E-state index contributed by atoms with van der Waals surface area (Å²) in [5.74, 6) is 0. The van der Waals surface area contributed by atoms with Gasteiger partial charge in [0.15, 0.2) is 0 Å². The number of fused-ring (bicyclic) bond motifs is 8. The zero-order valence-electron chi connectivity index (χ0n) is 33.1. The molecule has 0 nitrogen and oxygen atoms in total. The number of rotatable bonds is 4. The third-order valence-corrected chi connectivity index (χ3v) is 12.8. The Kier molecular flexibility index (Phi) is 8.02. The molecular formula is C58H42. The van der Waals surface area contributed by atoms with Crippen molar-refractivity contribution in [2.24, 2.45) is 0 Å². The molecule has 0 radical (unpaired) electrons. The van der Waals surface area contributed by atoms with Crippen molar-refractivity contribution in [1.29, 1.82) is 0 Å². The first-order chi connectivity index (χ1) is 28.5. The second-order valence-corrected chi connectivity index (χ2v) is 16.1. The molecule has 0 spiro atoms. The van der Waals surface area contributed by atoms with Gasteiger partial charge < -0.3 is 0 Å². The highest BCUT2D eigenvalue weighted by atomic mass is 14.2. The van der Waals surface area contributed by atoms with E-state index in [4.69, 9.17) is 0 Å². The van der Waals surface area contributed by atoms with Crippen molar-refractivity contribution in [2.45, 2.75) is 27.2 Å². The summed E-state index contributed by atoms with van der Waals surface area (Å²) in [6.45, 7) is 6.69. The summed E-state index contributed by atoms with van der Waals surface area (Å²) in [5, 5.41) is 13.0. The molecule has 10 aromatic carbocycles. The van der Waals surface area contributed by atoms with E-state index in [2.05, 4.69) is 209 Å². The van der Waals surface area contributed by atoms with Gasteiger partial charge >= 0.3 is 0 Å². The van der Waals surface area contributed by atoms with Crippen LogP contribution in [0.25, 0.3) is 98.9 Å². The van der Waals surface area contributed by atoms with Gasteiger partial charge in [0.25, 0.3) is 0 Å². The fraction of sp³-hybridized carbons (Fsp3) is 0.0690. The second kappa shape index (κ2) is 13.6. The topological polar surface area (TPSA) is 0 Å². The molecule has 274 valence electrons. The SMILES string of the molecule is Cc1ccc(-c2ccc3ccc4c(c3c2)CC=C(c2ccc(-c3ccc5ccc6ccc(-c7ccc(C)c8ccccc78)cc6c5c3C)cc2)C=C4)c2ccccc12. The minimum absolute atomic E-state index is 0.881. The van der Waals surface area contributed by atoms with Crippen molar-refractivity contribution >= 4 is 65.5 Å². The monoisotopic (exact) mass is 738 g/mol. The lowest BCUT2D eigenvalue weighted by molar-refractivity contribution is 1.30. The quantitative estimate of drug-likeness (QED) is 0.158. The molecule has 0 saturated heterocycles. The second-order valence-electron chi connectivity index (χ2n) is 16.1. The van der Waals surface area contributed by atoms with Crippen molar-refractivity contribution in [3.63, 3.8) is 0 Å². The van der Waals surface area contributed by atoms with E-state index in [1.807, 2.05) is 0 Å². The molecule has 0 heteroatoms. The summed E-state index contributed by atoms with van der Waals surface area (Å²) in [5.41, 5.74) is 16.7. The maximum Gasteiger partial charge on any atom is -0.00697 e. The highest BCUT2D eigenvalue weighted by molar-refractivity contribution is 6.13. The molecule has 58 heavy (non-hydrogen) atoms. The number of allylic oxidation sites excluding steroid dienone is 3. The highest BCUT2D eigenvalue weighted by Crippen LogP contribution is 2.40. The van der Waals surface area contributed by atoms with Gasteiger partial charge in [-0.1, -0.05) is 176 Å². The molecule has 0 N–H and O–H groups in total. The van der Waals surface area contributed by atoms with Crippen LogP contribution < -0.4 is 0 Å². The minimum atomic E-state index is 0.881. The van der Waals surface area contributed by atoms with Gasteiger partial charge in [0, 0.05) is 0 Å². The van der Waals surface area contributed by atoms with Crippen LogP contribution in [0.2, 0.25) is 0 Å². The van der Waals surface area contributed by atoms with E-state index in [-0.39, 0.29) is 0 Å². The predicted octanol–water partition coefficient (Wildman–Crippen LogP) is 16.0. The summed E-state index contributed by atoms with van der Waals surface area (Å²) in [6, 6.07) is 63.5. The van der Waals surface area contributed by atoms with Gasteiger partial charge in [-0.05, 0) is 166 Å². The standard InChI is InChI=1S/C58H42/c1-36-12-30-52(54-10-6-4-8-48(36)54)46-26-23-43-21-20-42-19-16-40(28-33-51(42)56(43)34-46)39-14-17-41(18-15-39)50-32-29-45-25-22-44-24-27-47(35-57(44)58(45)38(50)3)53-31-13-37(2)49-9-5-7-11-55(49)53/h4-32,34-35H,33H2,1-3H3. The Morgan fingerprint density at radius 2 is 0.862 bits per heavy atom. The molecule has 0 aromatic heterocycles. The van der Waals surface area contributed by atoms with Crippen LogP contribution >= 0.6 is 0 Å². The first-order valence-corrected chi connectivity index (χ1v) is 20.5. The van der Waals surface area contributed by atoms with Crippen LogP contribution in [0.5, 0.6) is 0 Å². The van der Waals surface area contributed by atoms with Crippen molar-refractivity contribution in [1.82, 2.24) is 0 Å². The maximum atomic E-state index is 2.41. The molecule has 11 rings (SSSR count). The van der Waals surface area contributed by atoms with E-state index in [0.29, 0.717) is 0 Å². The van der Waals surface area contributed by atoms with Crippen LogP contribution in [0.3, 0.4) is 0 Å². The molecule has 0 atom stereocenters. The Balaban J connectivity index is 0.935. The summed E-state index contributed by atoms with van der Waals surface area (Å²) < 4.78 is 0. The first kappa shape index (κ1) is 34.2. The van der Waals surface area contributed by atoms with E-state index in [9.17, 15) is 0 Å². The Hall–Kier alpha value is -7.02. The smallest absolute Gasteiger partial charge is 0.00697 e. The molecular weight excluding hydrogens is 697 g/mol. The van der Waals surface area contributed by atoms with Gasteiger partial charge in [0.2, 0.25) is 0 Å². The Morgan fingerprint density at radius 1 is 0.362 bits per heavy atom. The average molecular weight is 739 g/mol. The van der Waals surface area contributed by atoms with E-state index in [1.54, 1.807) is 0 Å². The van der Waals surface area contributed by atoms with Gasteiger partial charge in [-0.15, -0.1) is 0 Å². The molecule has 1 aliphatic carbocycles. The zero-order chi connectivity index (χ0) is 38.9. The van der Waals surface area contributed by atoms with Crippen LogP contribution in [0.1, 0.15) is 33.4 Å². The molecule has 10 aromatic rings. The van der Waals surface area contributed by atoms with Gasteiger partial charge in [-0.2, -0.15) is 0 Å². The maximum absolute atomic E-state index is 2.41. The number of hydrogen-bond donors (Lipinski definition) is 0. The largest absolute Gasteiger partial charge is 0.0722 e. The third kappa shape index (κ3) is 5.59. The molecule has 0 fully saturated rings. The molecule has 1 aliphatic rings. The van der Waals surface area contributed by atoms with Crippen LogP contribution in [-0.2, 0) is 6.42 Å². The third-order valence-electron chi connectivity index (χ3n) is 12.8. The van der Waals surface area contributed by atoms with Crippen molar-refractivity contribution in [2.75, 3.05) is 0 Å². The lowest BCUT2D eigenvalue weighted by Crippen LogP contribution is -1.91. The molecule has 0 unspecified atom stereocenters. The molecule has 0 amide bonds. The van der Waals surface area contributed by atoms with Gasteiger partial charge in [0.05, 0.1) is 0 Å². The fourth-order valence-electron chi connectivity index (χ4n) is 9.68. The summed E-state index contributed by atoms with van der Waals surface area (Å²) >= 11 is 0. The minimum Gasteiger partial charge on any atom is -0.0722 e. The lowest BCUT2D eigenvalue weighted by Gasteiger charge is -2.15. The summed E-state index contributed by atoms with van der Waals surface area (Å²) in [4.78, 5) is 0. The van der Waals surface area contributed by atoms with Crippen LogP contribution in [-0.4, -0.2) is 0 Å². The van der Waals surface area contributed by atoms with Crippen molar-refractivity contribution < 1.29 is 0 Å². The Morgan fingerprint density at radius 3 is 1.53 bits per heavy atom. The van der Waals surface area contributed by atoms with Crippen molar-refractivity contribution in [3.8, 4) is 33.4 Å². The fourth-order valence-corrected chi connectivity index (χ4v) is 9.68. The van der Waals surface area contributed by atoms with Crippen LogP contribution in [0, 0.1) is 20.8 Å². The lowest BCUT2D eigenvalue weighted by atomic mass is 9.89. The molecule has 0 heterocycles. The summed E-state index contributed by atoms with van der Waals surface area (Å²) in [7, 11) is 0. The predicted molar refractivity (Wildman–Crippen MR) is 252 cm³/mol. The Labute approximate surface area is 340 Å². The van der Waals surface area contributed by atoms with Gasteiger partial charge in [-0.3, -0.25) is 0 Å². The van der Waals surface area contributed by atoms with E-state index in [0.717, 1.165) is 6.42 Å². The number of aryl methyl sites for hydroxylation is 3. The van der Waals surface area contributed by atoms with Crippen LogP contribution in [0.15, 0.2) is 182 Å². The number of benzene rings is 10. The van der Waals surface area contributed by atoms with E-state index >= 15 is 0 Å². The zero-order valence-corrected chi connectivity index (χ0v) is 33.1. The molecule has 0 bridgehead atoms. The van der Waals surface area contributed by atoms with E-state index < -0.39 is 0 Å². The normalized spacial score (nSPS) is 12.7. The highest BCUT2D eigenvalue weighted by Gasteiger charge is 2.15. The van der Waals surface area contributed by atoms with Gasteiger partial charge in [-0.25, -0.2) is 0 Å². The molecule has 0 aliphatic heterocycles. The Bertz CT molecular complexity index is 3370. The van der Waals surface area contributed by atoms with Crippen molar-refractivity contribution in [3.05, 3.63) is 215 Å². The summed E-state index contributed by atoms with van der Waals surface area (Å²) in [6.07, 6.45) is 7.90. The molecule has 0 saturated carbocycles.